The minimum absolute atomic E-state index is 0.00130. The number of likely N-dealkylation sites (N-methyl/N-ethyl adjacent to an activating group) is 1. The molecule has 2 aliphatic carbocycles. The summed E-state index contributed by atoms with van der Waals surface area (Å²) in [5.41, 5.74) is 36.3. The lowest BCUT2D eigenvalue weighted by molar-refractivity contribution is -0.145. The third-order valence-electron chi connectivity index (χ3n) is 21.4. The van der Waals surface area contributed by atoms with Crippen molar-refractivity contribution in [2.24, 2.45) is 69.5 Å². The molecule has 4 unspecified atom stereocenters. The maximum absolute atomic E-state index is 12.2. The first-order chi connectivity index (χ1) is 49.5. The Kier molecular flexibility index (Phi) is 27.1. The van der Waals surface area contributed by atoms with Gasteiger partial charge in [-0.25, -0.2) is 0 Å². The van der Waals surface area contributed by atoms with E-state index in [1.54, 1.807) is 49.4 Å². The second-order valence-electron chi connectivity index (χ2n) is 31.1. The maximum Gasteiger partial charge on any atom is 0.451 e. The van der Waals surface area contributed by atoms with E-state index in [9.17, 15) is 78.0 Å². The van der Waals surface area contributed by atoms with Gasteiger partial charge in [-0.1, -0.05) is 25.7 Å². The van der Waals surface area contributed by atoms with E-state index in [0.29, 0.717) is 57.8 Å². The third kappa shape index (κ3) is 19.1. The summed E-state index contributed by atoms with van der Waals surface area (Å²) in [5.74, 6) is -6.75. The Morgan fingerprint density at radius 1 is 0.477 bits per heavy atom. The van der Waals surface area contributed by atoms with Gasteiger partial charge in [0.1, 0.15) is 67.7 Å². The molecule has 0 spiro atoms. The first-order valence-corrected chi connectivity index (χ1v) is 35.4. The number of hydrogen-bond donors (Lipinski definition) is 23. The number of rotatable bonds is 34. The van der Waals surface area contributed by atoms with Crippen LogP contribution in [0, 0.1) is 23.7 Å². The molecule has 107 heavy (non-hydrogen) atoms. The van der Waals surface area contributed by atoms with Crippen molar-refractivity contribution in [3.63, 3.8) is 0 Å². The molecular weight excluding hydrogens is 1410 g/mol. The quantitative estimate of drug-likeness (QED) is 0.0153. The van der Waals surface area contributed by atoms with Gasteiger partial charge in [0.15, 0.2) is 0 Å². The van der Waals surface area contributed by atoms with E-state index >= 15 is 0 Å². The number of nitrogens with two attached hydrogens (primary N) is 8. The van der Waals surface area contributed by atoms with Crippen molar-refractivity contribution in [1.29, 1.82) is 0 Å². The standard InChI is InChI=1S/C16H25BN4O6.2C16H27BN4O6.C15H23BN4O6/c1-20(10-5-9(10)18)11-12(14(23)13(11)22)21-6-8(3-2-4-17(26)27)16(19,7-21)15(24)25;1-15(2,18)7-20-10-11(13(23)12(10)22)21-6-9(4-3-5-17(26)27)16(19,8-21)14(24)25;1-15(2,7-18)20-10-11(13(23)12(10)22)21-6-9(4-3-5-17(26)27)16(19,8-21)14(24)25;17-8-4-9(8)19-10-11(13(22)12(10)21)20-5-7(2-1-3-16(25)26)15(18,6-20)14(23)24/h8-10,26-27H,2-7,18-19H2,1H3,(H,24,25);2*9,20,26-27H,3-8,18-19H2,1-2H3,(H,24,25);7-9,19,25-26H,1-6,17-18H2,(H,23,24)/t8-,9?,10?,16-;2*9-,16-;7-,8?,9?,15-/m0000/s1. The molecule has 4 aromatic rings. The van der Waals surface area contributed by atoms with Crippen LogP contribution in [0.5, 0.6) is 0 Å². The van der Waals surface area contributed by atoms with Crippen LogP contribution in [-0.4, -0.2) is 243 Å². The molecule has 6 fully saturated rings. The van der Waals surface area contributed by atoms with Crippen LogP contribution in [0.15, 0.2) is 38.4 Å². The molecule has 12 atom stereocenters. The zero-order valence-electron chi connectivity index (χ0n) is 60.5. The van der Waals surface area contributed by atoms with Crippen molar-refractivity contribution in [3.8, 4) is 0 Å². The molecule has 0 aromatic heterocycles. The van der Waals surface area contributed by atoms with E-state index in [4.69, 9.17) is 86.1 Å². The van der Waals surface area contributed by atoms with Crippen LogP contribution >= 0.6 is 0 Å². The minimum atomic E-state index is -1.60. The molecule has 44 heteroatoms. The molecule has 4 saturated heterocycles. The normalized spacial score (nSPS) is 26.6. The number of carboxylic acids is 4. The lowest BCUT2D eigenvalue weighted by atomic mass is 9.78. The van der Waals surface area contributed by atoms with E-state index in [1.807, 2.05) is 0 Å². The molecule has 0 radical (unpaired) electrons. The Morgan fingerprint density at radius 3 is 1.06 bits per heavy atom. The van der Waals surface area contributed by atoms with Crippen LogP contribution < -0.4 is 130 Å². The summed E-state index contributed by atoms with van der Waals surface area (Å²) in [6, 6.07) is -0.158. The number of nitrogens with zero attached hydrogens (tertiary/aromatic N) is 5. The largest absolute Gasteiger partial charge is 0.480 e. The highest BCUT2D eigenvalue weighted by Gasteiger charge is 2.56. The third-order valence-corrected chi connectivity index (χ3v) is 21.4. The van der Waals surface area contributed by atoms with Crippen molar-refractivity contribution in [2.45, 2.75) is 175 Å². The second kappa shape index (κ2) is 33.6. The van der Waals surface area contributed by atoms with Gasteiger partial charge >= 0.3 is 52.4 Å². The van der Waals surface area contributed by atoms with Crippen LogP contribution in [-0.2, 0) is 19.2 Å². The van der Waals surface area contributed by atoms with Gasteiger partial charge in [0.25, 0.3) is 43.4 Å². The molecule has 4 heterocycles. The summed E-state index contributed by atoms with van der Waals surface area (Å²) in [7, 11) is -4.15. The van der Waals surface area contributed by atoms with E-state index in [1.165, 1.54) is 9.80 Å². The lowest BCUT2D eigenvalue weighted by Gasteiger charge is -2.30. The smallest absolute Gasteiger partial charge is 0.451 e. The number of carbonyl (C=O) groups is 4. The van der Waals surface area contributed by atoms with Gasteiger partial charge in [-0.3, -0.25) is 57.5 Å². The highest BCUT2D eigenvalue weighted by atomic mass is 16.4. The monoisotopic (exact) mass is 1510 g/mol. The van der Waals surface area contributed by atoms with Crippen LogP contribution in [0.2, 0.25) is 25.3 Å². The number of aliphatic carboxylic acids is 4. The summed E-state index contributed by atoms with van der Waals surface area (Å²) in [4.78, 5) is 151. The average Bonchev–Trinajstić information content (AvgIpc) is 1.65. The number of anilines is 8. The first-order valence-electron chi connectivity index (χ1n) is 35.4. The van der Waals surface area contributed by atoms with E-state index < -0.39 is 153 Å². The van der Waals surface area contributed by atoms with Crippen LogP contribution in [0.3, 0.4) is 0 Å². The molecule has 10 rings (SSSR count). The van der Waals surface area contributed by atoms with Gasteiger partial charge < -0.3 is 147 Å². The molecule has 4 aliphatic heterocycles. The summed E-state index contributed by atoms with van der Waals surface area (Å²) in [6.07, 6.45) is 4.82. The fourth-order valence-electron chi connectivity index (χ4n) is 14.5. The van der Waals surface area contributed by atoms with Crippen LogP contribution in [0.1, 0.15) is 91.9 Å². The zero-order valence-corrected chi connectivity index (χ0v) is 60.5. The molecule has 0 bridgehead atoms. The topological polar surface area (TPSA) is 708 Å². The number of hydrogen-bond acceptors (Lipinski definition) is 36. The van der Waals surface area contributed by atoms with E-state index in [-0.39, 0.29) is 160 Å². The Bertz CT molecular complexity index is 4170. The van der Waals surface area contributed by atoms with Gasteiger partial charge in [-0.2, -0.15) is 0 Å². The Labute approximate surface area is 614 Å². The van der Waals surface area contributed by atoms with Gasteiger partial charge in [-0.15, -0.1) is 0 Å². The van der Waals surface area contributed by atoms with Crippen LogP contribution in [0.4, 0.5) is 45.5 Å². The van der Waals surface area contributed by atoms with E-state index in [0.717, 1.165) is 6.42 Å². The zero-order chi connectivity index (χ0) is 80.5. The van der Waals surface area contributed by atoms with E-state index in [2.05, 4.69) is 16.0 Å². The van der Waals surface area contributed by atoms with Gasteiger partial charge in [0, 0.05) is 131 Å². The number of nitrogens with one attached hydrogen (secondary N) is 3. The molecule has 0 amide bonds. The molecule has 6 aliphatic rings. The SMILES string of the molecule is CC(C)(CN)Nc1c(N2C[C@H](CCCB(O)O)[C@](N)(C(=O)O)C2)c(=O)c1=O.CC(C)(N)CNc1c(N2C[C@H](CCCB(O)O)[C@](N)(C(=O)O)C2)c(=O)c1=O.CN(c1c(N2C[C@H](CCCB(O)O)[C@](N)(C(=O)O)C2)c(=O)c1=O)C1CC1N.NC1CC1Nc1c(N2C[C@H](CCCB(O)O)[C@](N)(C(=O)O)C2)c(=O)c1=O. The molecule has 590 valence electrons. The average molecular weight is 1510 g/mol. The van der Waals surface area contributed by atoms with Crippen molar-refractivity contribution in [2.75, 3.05) is 113 Å². The predicted molar refractivity (Wildman–Crippen MR) is 402 cm³/mol. The fraction of sp³-hybridized carbons (Fsp3) is 0.683. The van der Waals surface area contributed by atoms with Crippen molar-refractivity contribution in [3.05, 3.63) is 81.8 Å². The Hall–Kier alpha value is -7.78. The summed E-state index contributed by atoms with van der Waals surface area (Å²) in [5, 5.41) is 119. The minimum Gasteiger partial charge on any atom is -0.480 e. The van der Waals surface area contributed by atoms with Crippen LogP contribution in [0.25, 0.3) is 0 Å². The molecule has 4 aromatic carbocycles. The molecule has 31 N–H and O–H groups in total. The maximum atomic E-state index is 12.2. The first kappa shape index (κ1) is 86.5. The lowest BCUT2D eigenvalue weighted by Crippen LogP contribution is -2.55. The molecule has 40 nitrogen and oxygen atoms in total. The van der Waals surface area contributed by atoms with Gasteiger partial charge in [0.05, 0.1) is 0 Å². The fourth-order valence-corrected chi connectivity index (χ4v) is 14.5. The van der Waals surface area contributed by atoms with Crippen molar-refractivity contribution >= 4 is 97.8 Å². The highest BCUT2D eigenvalue weighted by molar-refractivity contribution is 6.41. The summed E-state index contributed by atoms with van der Waals surface area (Å²) >= 11 is 0. The van der Waals surface area contributed by atoms with Gasteiger partial charge in [0.2, 0.25) is 0 Å². The second-order valence-corrected chi connectivity index (χ2v) is 31.1. The predicted octanol–water partition coefficient (Wildman–Crippen LogP) is -9.64. The Balaban J connectivity index is 0.000000199. The van der Waals surface area contributed by atoms with Crippen molar-refractivity contribution < 1.29 is 79.8 Å². The summed E-state index contributed by atoms with van der Waals surface area (Å²) in [6.45, 7) is 7.99. The Morgan fingerprint density at radius 2 is 0.766 bits per heavy atom. The molecular formula is C63H102B4N16O24. The highest BCUT2D eigenvalue weighted by Crippen LogP contribution is 2.42. The number of carboxylic acid groups (broad SMARTS) is 4. The van der Waals surface area contributed by atoms with Gasteiger partial charge in [-0.05, 0) is 91.5 Å². The summed E-state index contributed by atoms with van der Waals surface area (Å²) < 4.78 is 0. The molecule has 2 saturated carbocycles. The van der Waals surface area contributed by atoms with Crippen molar-refractivity contribution in [1.82, 2.24) is 0 Å².